The molecule has 0 saturated carbocycles. The van der Waals surface area contributed by atoms with Gasteiger partial charge in [-0.15, -0.1) is 0 Å². The maximum absolute atomic E-state index is 12.1. The van der Waals surface area contributed by atoms with E-state index in [4.69, 9.17) is 4.74 Å². The number of anilines is 1. The fourth-order valence-corrected chi connectivity index (χ4v) is 3.53. The highest BCUT2D eigenvalue weighted by atomic mass is 79.9. The van der Waals surface area contributed by atoms with Crippen molar-refractivity contribution in [1.82, 2.24) is 4.90 Å². The zero-order valence-corrected chi connectivity index (χ0v) is 16.6. The summed E-state index contributed by atoms with van der Waals surface area (Å²) in [4.78, 5) is 16.3. The van der Waals surface area contributed by atoms with Gasteiger partial charge in [-0.1, -0.05) is 12.1 Å². The van der Waals surface area contributed by atoms with Gasteiger partial charge in [-0.25, -0.2) is 4.79 Å². The van der Waals surface area contributed by atoms with E-state index in [0.717, 1.165) is 22.0 Å². The first-order valence-electron chi connectivity index (χ1n) is 7.63. The van der Waals surface area contributed by atoms with Crippen molar-refractivity contribution in [3.63, 3.8) is 0 Å². The number of piperazine rings is 1. The Balaban J connectivity index is 1.62. The second-order valence-corrected chi connectivity index (χ2v) is 9.72. The Morgan fingerprint density at radius 1 is 1.26 bits per heavy atom. The summed E-state index contributed by atoms with van der Waals surface area (Å²) < 4.78 is 6.37. The zero-order valence-electron chi connectivity index (χ0n) is 13.4. The number of rotatable bonds is 2. The van der Waals surface area contributed by atoms with Crippen molar-refractivity contribution < 1.29 is 9.53 Å². The van der Waals surface area contributed by atoms with E-state index >= 15 is 0 Å². The Labute approximate surface area is 153 Å². The average Bonchev–Trinajstić information content (AvgIpc) is 2.38. The summed E-state index contributed by atoms with van der Waals surface area (Å²) in [6, 6.07) is 9.10. The molecule has 0 aliphatic carbocycles. The van der Waals surface area contributed by atoms with Gasteiger partial charge in [-0.3, -0.25) is 4.90 Å². The Bertz CT molecular complexity index is 650. The maximum Gasteiger partial charge on any atom is 0.410 e. The number of benzene rings is 1. The van der Waals surface area contributed by atoms with E-state index in [1.54, 1.807) is 0 Å². The maximum atomic E-state index is 12.1. The topological polar surface area (TPSA) is 32.8 Å². The van der Waals surface area contributed by atoms with Crippen LogP contribution in [-0.4, -0.2) is 41.8 Å². The summed E-state index contributed by atoms with van der Waals surface area (Å²) in [7, 11) is 0. The molecule has 1 amide bonds. The molecule has 2 aliphatic heterocycles. The first kappa shape index (κ1) is 16.8. The van der Waals surface area contributed by atoms with Gasteiger partial charge in [0.25, 0.3) is 0 Å². The molecular formula is C17H20Br2N2O2. The molecule has 1 aromatic rings. The van der Waals surface area contributed by atoms with E-state index in [2.05, 4.69) is 61.0 Å². The molecule has 2 saturated heterocycles. The molecule has 0 aromatic heterocycles. The average molecular weight is 444 g/mol. The van der Waals surface area contributed by atoms with E-state index < -0.39 is 5.60 Å². The zero-order chi connectivity index (χ0) is 16.8. The number of fused-ring (bicyclic) bond motifs is 1. The van der Waals surface area contributed by atoms with E-state index in [1.165, 1.54) is 5.69 Å². The third-order valence-corrected chi connectivity index (χ3v) is 4.58. The van der Waals surface area contributed by atoms with Crippen LogP contribution in [0.25, 0.3) is 6.08 Å². The molecule has 2 heterocycles. The van der Waals surface area contributed by atoms with E-state index in [-0.39, 0.29) is 12.1 Å². The smallest absolute Gasteiger partial charge is 0.410 e. The van der Waals surface area contributed by atoms with Crippen molar-refractivity contribution in [2.75, 3.05) is 18.0 Å². The normalized spacial score (nSPS) is 22.7. The molecule has 1 aromatic carbocycles. The van der Waals surface area contributed by atoms with Gasteiger partial charge in [0.15, 0.2) is 0 Å². The molecule has 2 aliphatic rings. The molecule has 23 heavy (non-hydrogen) atoms. The van der Waals surface area contributed by atoms with Crippen LogP contribution in [0.3, 0.4) is 0 Å². The lowest BCUT2D eigenvalue weighted by atomic mass is 9.85. The number of amides is 1. The van der Waals surface area contributed by atoms with Crippen LogP contribution >= 0.6 is 31.9 Å². The highest BCUT2D eigenvalue weighted by Gasteiger charge is 2.54. The Morgan fingerprint density at radius 2 is 2.00 bits per heavy atom. The molecule has 6 heteroatoms. The van der Waals surface area contributed by atoms with Gasteiger partial charge in [0.05, 0.1) is 15.5 Å². The second-order valence-electron chi connectivity index (χ2n) is 6.95. The molecule has 2 atom stereocenters. The van der Waals surface area contributed by atoms with Crippen molar-refractivity contribution in [1.29, 1.82) is 0 Å². The minimum atomic E-state index is -0.435. The summed E-state index contributed by atoms with van der Waals surface area (Å²) in [6.07, 6.45) is 1.83. The van der Waals surface area contributed by atoms with Gasteiger partial charge in [0, 0.05) is 18.8 Å². The van der Waals surface area contributed by atoms with E-state index in [1.807, 2.05) is 31.7 Å². The minimum absolute atomic E-state index is 0.196. The third kappa shape index (κ3) is 3.58. The molecular weight excluding hydrogens is 424 g/mol. The lowest BCUT2D eigenvalue weighted by molar-refractivity contribution is -0.0309. The number of carbonyl (C=O) groups is 1. The van der Waals surface area contributed by atoms with Gasteiger partial charge >= 0.3 is 6.09 Å². The minimum Gasteiger partial charge on any atom is -0.444 e. The number of carbonyl (C=O) groups excluding carboxylic acids is 1. The Morgan fingerprint density at radius 3 is 2.57 bits per heavy atom. The van der Waals surface area contributed by atoms with Crippen LogP contribution in [0.5, 0.6) is 0 Å². The molecule has 1 unspecified atom stereocenters. The molecule has 0 radical (unpaired) electrons. The first-order valence-corrected chi connectivity index (χ1v) is 9.22. The largest absolute Gasteiger partial charge is 0.444 e. The van der Waals surface area contributed by atoms with Crippen LogP contribution in [0, 0.1) is 0 Å². The van der Waals surface area contributed by atoms with Gasteiger partial charge in [0.2, 0.25) is 0 Å². The second kappa shape index (κ2) is 6.13. The van der Waals surface area contributed by atoms with Crippen LogP contribution in [0.1, 0.15) is 26.3 Å². The molecule has 4 nitrogen and oxygen atoms in total. The quantitative estimate of drug-likeness (QED) is 0.670. The van der Waals surface area contributed by atoms with Crippen molar-refractivity contribution in [3.05, 3.63) is 33.2 Å². The molecule has 0 N–H and O–H groups in total. The van der Waals surface area contributed by atoms with Crippen LogP contribution in [-0.2, 0) is 4.74 Å². The monoisotopic (exact) mass is 442 g/mol. The van der Waals surface area contributed by atoms with Crippen molar-refractivity contribution in [3.8, 4) is 0 Å². The van der Waals surface area contributed by atoms with Crippen LogP contribution in [0.4, 0.5) is 10.5 Å². The summed E-state index contributed by atoms with van der Waals surface area (Å²) in [5.74, 6) is 0. The lowest BCUT2D eigenvalue weighted by Gasteiger charge is -2.62. The number of hydrogen-bond acceptors (Lipinski definition) is 3. The third-order valence-electron chi connectivity index (χ3n) is 4.12. The van der Waals surface area contributed by atoms with Gasteiger partial charge in [-0.05, 0) is 76.4 Å². The molecule has 3 rings (SSSR count). The summed E-state index contributed by atoms with van der Waals surface area (Å²) in [5.41, 5.74) is 1.90. The fourth-order valence-electron chi connectivity index (χ4n) is 3.00. The van der Waals surface area contributed by atoms with Gasteiger partial charge in [0.1, 0.15) is 5.60 Å². The summed E-state index contributed by atoms with van der Waals surface area (Å²) >= 11 is 6.78. The molecule has 0 spiro atoms. The van der Waals surface area contributed by atoms with Crippen LogP contribution < -0.4 is 4.90 Å². The summed E-state index contributed by atoms with van der Waals surface area (Å²) in [5, 5.41) is 0. The Kier molecular flexibility index (Phi) is 4.49. The standard InChI is InChI=1S/C17H20Br2N2O2/c1-17(2,3)23-16(22)21-10-13-14(21)9-20(13)12-6-4-5-11(7-12)8-15(18)19/h4-8,13-14H,9-10H2,1-3H3/t13-,14?/m1/s1. The van der Waals surface area contributed by atoms with Crippen molar-refractivity contribution in [2.45, 2.75) is 38.5 Å². The number of halogens is 2. The van der Waals surface area contributed by atoms with Gasteiger partial charge < -0.3 is 9.64 Å². The number of hydrogen-bond donors (Lipinski definition) is 0. The molecule has 124 valence electrons. The van der Waals surface area contributed by atoms with E-state index in [9.17, 15) is 4.79 Å². The highest BCUT2D eigenvalue weighted by Crippen LogP contribution is 2.38. The predicted molar refractivity (Wildman–Crippen MR) is 100 cm³/mol. The SMILES string of the molecule is CC(C)(C)OC(=O)N1C[C@@H]2C1CN2c1cccc(C=C(Br)Br)c1. The number of nitrogens with zero attached hydrogens (tertiary/aromatic N) is 2. The van der Waals surface area contributed by atoms with Gasteiger partial charge in [-0.2, -0.15) is 0 Å². The summed E-state index contributed by atoms with van der Waals surface area (Å²) in [6.45, 7) is 7.30. The molecule has 2 fully saturated rings. The van der Waals surface area contributed by atoms with Crippen LogP contribution in [0.2, 0.25) is 0 Å². The van der Waals surface area contributed by atoms with E-state index in [0.29, 0.717) is 6.04 Å². The predicted octanol–water partition coefficient (Wildman–Crippen LogP) is 4.58. The fraction of sp³-hybridized carbons (Fsp3) is 0.471. The molecule has 0 bridgehead atoms. The lowest BCUT2D eigenvalue weighted by Crippen LogP contribution is -2.80. The highest BCUT2D eigenvalue weighted by molar-refractivity contribution is 9.28. The number of ether oxygens (including phenoxy) is 1. The first-order chi connectivity index (χ1) is 10.7. The number of likely N-dealkylation sites (tertiary alicyclic amines) is 1. The Hall–Kier alpha value is -1.01. The van der Waals surface area contributed by atoms with Crippen molar-refractivity contribution in [2.24, 2.45) is 0 Å². The van der Waals surface area contributed by atoms with Crippen LogP contribution in [0.15, 0.2) is 27.7 Å². The van der Waals surface area contributed by atoms with Crippen molar-refractivity contribution >= 4 is 49.7 Å².